The van der Waals surface area contributed by atoms with E-state index < -0.39 is 0 Å². The highest BCUT2D eigenvalue weighted by Gasteiger charge is 2.20. The normalized spacial score (nSPS) is 15.2. The molecule has 1 fully saturated rings. The molecule has 0 radical (unpaired) electrons. The molecule has 1 aliphatic rings. The molecule has 2 aromatic rings. The number of likely N-dealkylation sites (N-methyl/N-ethyl adjacent to an activating group) is 1. The van der Waals surface area contributed by atoms with Crippen LogP contribution in [-0.2, 0) is 6.42 Å². The molecule has 2 aromatic heterocycles. The third-order valence-electron chi connectivity index (χ3n) is 4.03. The second kappa shape index (κ2) is 8.42. The molecular weight excluding hydrogens is 334 g/mol. The highest BCUT2D eigenvalue weighted by atomic mass is 35.5. The highest BCUT2D eigenvalue weighted by molar-refractivity contribution is 7.09. The van der Waals surface area contributed by atoms with E-state index in [2.05, 4.69) is 27.1 Å². The van der Waals surface area contributed by atoms with E-state index in [9.17, 15) is 4.79 Å². The maximum Gasteiger partial charge on any atom is 0.275 e. The van der Waals surface area contributed by atoms with E-state index in [1.807, 2.05) is 17.8 Å². The Morgan fingerprint density at radius 1 is 1.48 bits per heavy atom. The lowest BCUT2D eigenvalue weighted by Crippen LogP contribution is -2.30. The summed E-state index contributed by atoms with van der Waals surface area (Å²) in [7, 11) is 1.82. The number of halogens is 1. The number of carbonyl (C=O) groups is 1. The number of thiophene rings is 1. The Balaban J connectivity index is 0.00000192. The molecule has 1 amide bonds. The molecule has 3 heterocycles. The molecule has 0 atom stereocenters. The maximum atomic E-state index is 12.4. The van der Waals surface area contributed by atoms with Crippen molar-refractivity contribution in [2.75, 3.05) is 26.7 Å². The molecule has 0 bridgehead atoms. The fraction of sp³-hybridized carbons (Fsp3) is 0.533. The number of nitrogens with zero attached hydrogens (tertiary/aromatic N) is 4. The van der Waals surface area contributed by atoms with Gasteiger partial charge in [-0.05, 0) is 43.8 Å². The molecule has 126 valence electrons. The predicted molar refractivity (Wildman–Crippen MR) is 93.4 cm³/mol. The lowest BCUT2D eigenvalue weighted by molar-refractivity contribution is 0.0791. The van der Waals surface area contributed by atoms with Gasteiger partial charge in [0.1, 0.15) is 0 Å². The molecule has 1 aliphatic heterocycles. The van der Waals surface area contributed by atoms with Crippen LogP contribution in [-0.4, -0.2) is 52.5 Å². The van der Waals surface area contributed by atoms with Crippen LogP contribution < -0.4 is 5.32 Å². The molecule has 0 saturated carbocycles. The number of nitrogens with one attached hydrogen (secondary N) is 1. The van der Waals surface area contributed by atoms with E-state index in [1.54, 1.807) is 22.4 Å². The van der Waals surface area contributed by atoms with Crippen molar-refractivity contribution >= 4 is 29.7 Å². The number of hydrogen-bond acceptors (Lipinski definition) is 5. The number of rotatable bonds is 5. The summed E-state index contributed by atoms with van der Waals surface area (Å²) in [6.45, 7) is 2.68. The van der Waals surface area contributed by atoms with E-state index in [1.165, 1.54) is 4.88 Å². The van der Waals surface area contributed by atoms with Gasteiger partial charge in [0.15, 0.2) is 5.69 Å². The number of amides is 1. The van der Waals surface area contributed by atoms with Crippen molar-refractivity contribution in [3.05, 3.63) is 34.3 Å². The molecule has 0 spiro atoms. The van der Waals surface area contributed by atoms with Crippen LogP contribution in [0.1, 0.15) is 34.2 Å². The Labute approximate surface area is 146 Å². The SMILES string of the molecule is CN(CCc1cccs1)C(=O)c1cn(C2CCNCC2)nn1.Cl. The van der Waals surface area contributed by atoms with Crippen molar-refractivity contribution in [3.8, 4) is 0 Å². The second-order valence-electron chi connectivity index (χ2n) is 5.62. The molecule has 1 N–H and O–H groups in total. The van der Waals surface area contributed by atoms with Crippen LogP contribution >= 0.6 is 23.7 Å². The first-order valence-electron chi connectivity index (χ1n) is 7.64. The summed E-state index contributed by atoms with van der Waals surface area (Å²) in [5.74, 6) is -0.0586. The van der Waals surface area contributed by atoms with Gasteiger partial charge in [-0.3, -0.25) is 4.79 Å². The minimum atomic E-state index is -0.0586. The molecule has 23 heavy (non-hydrogen) atoms. The monoisotopic (exact) mass is 355 g/mol. The first-order valence-corrected chi connectivity index (χ1v) is 8.52. The minimum absolute atomic E-state index is 0. The molecule has 6 nitrogen and oxygen atoms in total. The molecule has 0 aliphatic carbocycles. The van der Waals surface area contributed by atoms with Gasteiger partial charge in [0, 0.05) is 18.5 Å². The van der Waals surface area contributed by atoms with Gasteiger partial charge in [0.2, 0.25) is 0 Å². The average Bonchev–Trinajstić information content (AvgIpc) is 3.24. The largest absolute Gasteiger partial charge is 0.340 e. The number of aromatic nitrogens is 3. The van der Waals surface area contributed by atoms with Gasteiger partial charge < -0.3 is 10.2 Å². The van der Waals surface area contributed by atoms with E-state index in [4.69, 9.17) is 0 Å². The first-order chi connectivity index (χ1) is 10.7. The van der Waals surface area contributed by atoms with E-state index in [-0.39, 0.29) is 18.3 Å². The van der Waals surface area contributed by atoms with Crippen molar-refractivity contribution in [2.45, 2.75) is 25.3 Å². The first kappa shape index (κ1) is 17.9. The summed E-state index contributed by atoms with van der Waals surface area (Å²) in [4.78, 5) is 15.4. The maximum absolute atomic E-state index is 12.4. The third-order valence-corrected chi connectivity index (χ3v) is 4.97. The van der Waals surface area contributed by atoms with Crippen molar-refractivity contribution in [2.24, 2.45) is 0 Å². The molecule has 8 heteroatoms. The van der Waals surface area contributed by atoms with Gasteiger partial charge in [-0.1, -0.05) is 11.3 Å². The molecule has 3 rings (SSSR count). The van der Waals surface area contributed by atoms with Gasteiger partial charge in [-0.15, -0.1) is 28.8 Å². The zero-order valence-electron chi connectivity index (χ0n) is 13.1. The standard InChI is InChI=1S/C15H21N5OS.ClH/c1-19(9-6-13-3-2-10-22-13)15(21)14-11-20(18-17-14)12-4-7-16-8-5-12;/h2-3,10-12,16H,4-9H2,1H3;1H. The summed E-state index contributed by atoms with van der Waals surface area (Å²) < 4.78 is 1.85. The van der Waals surface area contributed by atoms with Gasteiger partial charge >= 0.3 is 0 Å². The molecular formula is C15H22ClN5OS. The summed E-state index contributed by atoms with van der Waals surface area (Å²) in [5.41, 5.74) is 0.437. The van der Waals surface area contributed by atoms with E-state index >= 15 is 0 Å². The lowest BCUT2D eigenvalue weighted by atomic mass is 10.1. The van der Waals surface area contributed by atoms with Gasteiger partial charge in [-0.25, -0.2) is 4.68 Å². The van der Waals surface area contributed by atoms with Crippen molar-refractivity contribution < 1.29 is 4.79 Å². The topological polar surface area (TPSA) is 63.1 Å². The van der Waals surface area contributed by atoms with Crippen molar-refractivity contribution in [1.29, 1.82) is 0 Å². The second-order valence-corrected chi connectivity index (χ2v) is 6.65. The molecule has 0 aromatic carbocycles. The Kier molecular flexibility index (Phi) is 6.56. The molecule has 1 saturated heterocycles. The fourth-order valence-corrected chi connectivity index (χ4v) is 3.35. The molecule has 0 unspecified atom stereocenters. The van der Waals surface area contributed by atoms with Gasteiger partial charge in [0.25, 0.3) is 5.91 Å². The number of piperidine rings is 1. The van der Waals surface area contributed by atoms with Crippen molar-refractivity contribution in [1.82, 2.24) is 25.2 Å². The van der Waals surface area contributed by atoms with Crippen LogP contribution in [0.5, 0.6) is 0 Å². The minimum Gasteiger partial charge on any atom is -0.340 e. The van der Waals surface area contributed by atoms with Crippen LogP contribution in [0, 0.1) is 0 Å². The zero-order chi connectivity index (χ0) is 15.4. The number of hydrogen-bond donors (Lipinski definition) is 1. The van der Waals surface area contributed by atoms with Crippen LogP contribution in [0.3, 0.4) is 0 Å². The van der Waals surface area contributed by atoms with Crippen molar-refractivity contribution in [3.63, 3.8) is 0 Å². The Morgan fingerprint density at radius 3 is 2.96 bits per heavy atom. The van der Waals surface area contributed by atoms with Gasteiger partial charge in [-0.2, -0.15) is 0 Å². The van der Waals surface area contributed by atoms with E-state index in [0.717, 1.165) is 32.4 Å². The summed E-state index contributed by atoms with van der Waals surface area (Å²) in [5, 5.41) is 13.6. The number of carbonyl (C=O) groups excluding carboxylic acids is 1. The van der Waals surface area contributed by atoms with Crippen LogP contribution in [0.2, 0.25) is 0 Å². The predicted octanol–water partition coefficient (Wildman–Crippen LogP) is 2.00. The quantitative estimate of drug-likeness (QED) is 0.891. The summed E-state index contributed by atoms with van der Waals surface area (Å²) >= 11 is 1.72. The Hall–Kier alpha value is -1.44. The van der Waals surface area contributed by atoms with E-state index in [0.29, 0.717) is 18.3 Å². The Bertz CT molecular complexity index is 609. The smallest absolute Gasteiger partial charge is 0.275 e. The Morgan fingerprint density at radius 2 is 2.26 bits per heavy atom. The summed E-state index contributed by atoms with van der Waals surface area (Å²) in [6, 6.07) is 4.48. The van der Waals surface area contributed by atoms with Crippen LogP contribution in [0.25, 0.3) is 0 Å². The lowest BCUT2D eigenvalue weighted by Gasteiger charge is -2.22. The fourth-order valence-electron chi connectivity index (χ4n) is 2.65. The third kappa shape index (κ3) is 4.53. The van der Waals surface area contributed by atoms with Gasteiger partial charge in [0.05, 0.1) is 12.2 Å². The summed E-state index contributed by atoms with van der Waals surface area (Å²) in [6.07, 6.45) is 4.73. The van der Waals surface area contributed by atoms with Crippen LogP contribution in [0.15, 0.2) is 23.7 Å². The zero-order valence-corrected chi connectivity index (χ0v) is 14.8. The van der Waals surface area contributed by atoms with Crippen LogP contribution in [0.4, 0.5) is 0 Å². The average molecular weight is 356 g/mol. The highest BCUT2D eigenvalue weighted by Crippen LogP contribution is 2.17.